The summed E-state index contributed by atoms with van der Waals surface area (Å²) in [4.78, 5) is 0. The van der Waals surface area contributed by atoms with Gasteiger partial charge < -0.3 is 0 Å². The van der Waals surface area contributed by atoms with Crippen molar-refractivity contribution in [1.82, 2.24) is 0 Å². The predicted molar refractivity (Wildman–Crippen MR) is 145 cm³/mol. The summed E-state index contributed by atoms with van der Waals surface area (Å²) in [5, 5.41) is 0. The minimum atomic E-state index is -10.4. The lowest BCUT2D eigenvalue weighted by molar-refractivity contribution is -0.483. The van der Waals surface area contributed by atoms with Crippen molar-refractivity contribution in [3.05, 3.63) is 35.4 Å². The quantitative estimate of drug-likeness (QED) is 0.102. The average molecular weight is 1310 g/mol. The number of halogens is 50. The van der Waals surface area contributed by atoms with Crippen LogP contribution in [0.5, 0.6) is 0 Å². The lowest BCUT2D eigenvalue weighted by Gasteiger charge is -2.46. The Bertz CT molecular complexity index is 2230. The van der Waals surface area contributed by atoms with E-state index in [1.54, 1.807) is 0 Å². The molecule has 0 aliphatic carbocycles. The first-order valence-corrected chi connectivity index (χ1v) is 17.3. The van der Waals surface area contributed by atoms with E-state index in [0.717, 1.165) is 0 Å². The number of hydrogen-bond acceptors (Lipinski definition) is 0. The minimum Gasteiger partial charge on any atom is -0.194 e. The third-order valence-electron chi connectivity index (χ3n) is 10.2. The molecule has 0 atom stereocenters. The smallest absolute Gasteiger partial charge is 0.194 e. The van der Waals surface area contributed by atoms with Gasteiger partial charge in [-0.05, 0) is 0 Å². The van der Waals surface area contributed by atoms with Crippen LogP contribution < -0.4 is 0 Å². The van der Waals surface area contributed by atoms with E-state index in [0.29, 0.717) is 0 Å². The van der Waals surface area contributed by atoms with Crippen molar-refractivity contribution in [2.24, 2.45) is 0 Å². The van der Waals surface area contributed by atoms with Gasteiger partial charge in [0, 0.05) is 11.1 Å². The Labute approximate surface area is 398 Å². The Balaban J connectivity index is 4.32. The van der Waals surface area contributed by atoms with Gasteiger partial charge in [0.1, 0.15) is 0 Å². The van der Waals surface area contributed by atoms with Crippen LogP contribution in [0.1, 0.15) is 11.1 Å². The molecule has 0 unspecified atom stereocenters. The molecule has 1 rings (SSSR count). The summed E-state index contributed by atoms with van der Waals surface area (Å²) in [6.45, 7) is 0. The highest BCUT2D eigenvalue weighted by atomic mass is 19.5. The Morgan fingerprint density at radius 3 is 0.350 bits per heavy atom. The van der Waals surface area contributed by atoms with Crippen molar-refractivity contribution in [1.29, 1.82) is 0 Å². The molecule has 0 nitrogen and oxygen atoms in total. The molecule has 0 aliphatic heterocycles. The molecular weight excluding hydrogens is 1310 g/mol. The van der Waals surface area contributed by atoms with Crippen LogP contribution in [0.2, 0.25) is 0 Å². The lowest BCUT2D eigenvalue weighted by atomic mass is 9.81. The summed E-state index contributed by atoms with van der Waals surface area (Å²) in [7, 11) is 0. The Morgan fingerprint density at radius 2 is 0.237 bits per heavy atom. The Hall–Kier alpha value is -4.28. The van der Waals surface area contributed by atoms with E-state index in [4.69, 9.17) is 0 Å². The van der Waals surface area contributed by atoms with Gasteiger partial charge in [0.05, 0.1) is 0 Å². The zero-order valence-corrected chi connectivity index (χ0v) is 34.2. The first-order chi connectivity index (χ1) is 33.7. The largest absolute Gasteiger partial charge is 0.460 e. The molecule has 0 heterocycles. The van der Waals surface area contributed by atoms with Crippen LogP contribution in [0.15, 0.2) is 24.3 Å². The first-order valence-electron chi connectivity index (χ1n) is 17.3. The standard InChI is InChI=1S/C30H4F50/c31-7(32,9(35,36)11(39,40)13(43,44)15(47,48)17(51,52)19(55,56)21(59,60)23(63,64)25(67,68)27(71,72)29(75,76)77)5-3-1-2-4-6(5)8(33,34)10(37,38)12(41,42)14(45,46)16(49,50)18(53,54)20(57,58)22(61,62)24(65,66)26(69,70)28(73,74)30(78,79)80/h1-4H. The number of alkyl halides is 50. The fourth-order valence-corrected chi connectivity index (χ4v) is 5.27. The Morgan fingerprint density at radius 1 is 0.138 bits per heavy atom. The second-order valence-corrected chi connectivity index (χ2v) is 15.2. The van der Waals surface area contributed by atoms with Crippen LogP contribution in [0.3, 0.4) is 0 Å². The molecule has 0 N–H and O–H groups in total. The van der Waals surface area contributed by atoms with Crippen LogP contribution in [-0.2, 0) is 11.8 Å². The molecule has 0 saturated carbocycles. The summed E-state index contributed by atoms with van der Waals surface area (Å²) in [6, 6.07) is -6.40. The molecule has 0 saturated heterocycles. The average Bonchev–Trinajstić information content (AvgIpc) is 3.23. The molecule has 1 aromatic carbocycles. The SMILES string of the molecule is FC(F)(F)C(F)(F)C(F)(F)C(F)(F)C(F)(F)C(F)(F)C(F)(F)C(F)(F)C(F)(F)C(F)(F)C(F)(F)C(F)(F)c1ccccc1C(F)(F)C(F)(F)C(F)(F)C(F)(F)C(F)(F)C(F)(F)C(F)(F)C(F)(F)C(F)(F)C(F)(F)C(F)(F)C(F)(F)F. The molecule has 0 aromatic heterocycles. The molecule has 474 valence electrons. The van der Waals surface area contributed by atoms with Gasteiger partial charge in [-0.1, -0.05) is 24.3 Å². The van der Waals surface area contributed by atoms with Crippen molar-refractivity contribution in [3.8, 4) is 0 Å². The number of benzene rings is 1. The maximum atomic E-state index is 15.1. The van der Waals surface area contributed by atoms with Crippen molar-refractivity contribution >= 4 is 0 Å². The normalized spacial score (nSPS) is 17.1. The molecule has 0 fully saturated rings. The van der Waals surface area contributed by atoms with Crippen molar-refractivity contribution in [2.75, 3.05) is 0 Å². The van der Waals surface area contributed by atoms with Gasteiger partial charge >= 0.3 is 143 Å². The molecule has 0 radical (unpaired) electrons. The zero-order chi connectivity index (χ0) is 66.0. The fourth-order valence-electron chi connectivity index (χ4n) is 5.27. The highest BCUT2D eigenvalue weighted by Crippen LogP contribution is 2.72. The van der Waals surface area contributed by atoms with Gasteiger partial charge in [-0.3, -0.25) is 0 Å². The van der Waals surface area contributed by atoms with E-state index in [2.05, 4.69) is 0 Å². The van der Waals surface area contributed by atoms with Crippen LogP contribution in [0.25, 0.3) is 0 Å². The van der Waals surface area contributed by atoms with Crippen LogP contribution >= 0.6 is 0 Å². The molecule has 1 aromatic rings. The maximum Gasteiger partial charge on any atom is 0.460 e. The molecule has 0 bridgehead atoms. The lowest BCUT2D eigenvalue weighted by Crippen LogP contribution is -2.78. The zero-order valence-electron chi connectivity index (χ0n) is 34.2. The molecule has 80 heavy (non-hydrogen) atoms. The second kappa shape index (κ2) is 18.1. The van der Waals surface area contributed by atoms with E-state index < -0.39 is 178 Å². The minimum absolute atomic E-state index is 1.12. The summed E-state index contributed by atoms with van der Waals surface area (Å²) in [6.07, 6.45) is -17.1. The summed E-state index contributed by atoms with van der Waals surface area (Å²) in [5.74, 6) is -218. The van der Waals surface area contributed by atoms with E-state index in [1.165, 1.54) is 0 Å². The molecular formula is C30H4F50. The fraction of sp³-hybridized carbons (Fsp3) is 0.800. The highest BCUT2D eigenvalue weighted by Gasteiger charge is 3.02. The molecule has 50 heteroatoms. The van der Waals surface area contributed by atoms with Gasteiger partial charge in [0.15, 0.2) is 0 Å². The van der Waals surface area contributed by atoms with E-state index >= 15 is 17.6 Å². The van der Waals surface area contributed by atoms with Crippen LogP contribution in [0, 0.1) is 0 Å². The molecule has 0 amide bonds. The van der Waals surface area contributed by atoms with Crippen molar-refractivity contribution < 1.29 is 220 Å². The Kier molecular flexibility index (Phi) is 16.7. The summed E-state index contributed by atoms with van der Waals surface area (Å²) in [5.41, 5.74) is -10.2. The maximum absolute atomic E-state index is 15.1. The monoisotopic (exact) mass is 1310 g/mol. The van der Waals surface area contributed by atoms with Gasteiger partial charge in [0.2, 0.25) is 0 Å². The van der Waals surface area contributed by atoms with Gasteiger partial charge in [0.25, 0.3) is 0 Å². The topological polar surface area (TPSA) is 0 Å². The van der Waals surface area contributed by atoms with E-state index in [1.807, 2.05) is 0 Å². The molecule has 0 aliphatic rings. The molecule has 0 spiro atoms. The second-order valence-electron chi connectivity index (χ2n) is 15.2. The predicted octanol–water partition coefficient (Wildman–Crippen LogP) is 17.7. The number of hydrogen-bond donors (Lipinski definition) is 0. The number of rotatable bonds is 22. The van der Waals surface area contributed by atoms with E-state index in [9.17, 15) is 202 Å². The van der Waals surface area contributed by atoms with Gasteiger partial charge in [-0.2, -0.15) is 220 Å². The van der Waals surface area contributed by atoms with Crippen molar-refractivity contribution in [2.45, 2.75) is 143 Å². The third-order valence-corrected chi connectivity index (χ3v) is 10.2. The first kappa shape index (κ1) is 73.7. The third kappa shape index (κ3) is 8.30. The van der Waals surface area contributed by atoms with Crippen molar-refractivity contribution in [3.63, 3.8) is 0 Å². The summed E-state index contributed by atoms with van der Waals surface area (Å²) < 4.78 is 693. The van der Waals surface area contributed by atoms with Crippen LogP contribution in [0.4, 0.5) is 220 Å². The van der Waals surface area contributed by atoms with E-state index in [-0.39, 0.29) is 0 Å². The van der Waals surface area contributed by atoms with Gasteiger partial charge in [-0.25, -0.2) is 0 Å². The highest BCUT2D eigenvalue weighted by molar-refractivity contribution is 5.39. The summed E-state index contributed by atoms with van der Waals surface area (Å²) >= 11 is 0. The van der Waals surface area contributed by atoms with Gasteiger partial charge in [-0.15, -0.1) is 0 Å². The van der Waals surface area contributed by atoms with Crippen LogP contribution in [-0.4, -0.2) is 131 Å².